The number of rotatable bonds is 2. The molecular weight excluding hydrogens is 238 g/mol. The number of hydrogen-bond acceptors (Lipinski definition) is 3. The van der Waals surface area contributed by atoms with Crippen LogP contribution in [0.15, 0.2) is 46.9 Å². The van der Waals surface area contributed by atoms with Gasteiger partial charge < -0.3 is 9.52 Å². The molecule has 0 amide bonds. The number of aryl methyl sites for hydroxylation is 1. The maximum absolute atomic E-state index is 9.37. The molecule has 0 fully saturated rings. The second kappa shape index (κ2) is 4.61. The molecule has 0 atom stereocenters. The zero-order chi connectivity index (χ0) is 13.2. The van der Waals surface area contributed by atoms with E-state index in [9.17, 15) is 5.11 Å². The highest BCUT2D eigenvalue weighted by Crippen LogP contribution is 2.21. The van der Waals surface area contributed by atoms with Crippen LogP contribution in [-0.2, 0) is 0 Å². The predicted molar refractivity (Wildman–Crippen MR) is 75.8 cm³/mol. The van der Waals surface area contributed by atoms with Gasteiger partial charge in [-0.25, -0.2) is 4.98 Å². The van der Waals surface area contributed by atoms with Crippen LogP contribution in [0.5, 0.6) is 5.75 Å². The quantitative estimate of drug-likeness (QED) is 0.748. The average Bonchev–Trinajstić information content (AvgIpc) is 2.80. The molecule has 0 aliphatic carbocycles. The summed E-state index contributed by atoms with van der Waals surface area (Å²) in [5, 5.41) is 9.37. The third-order valence-corrected chi connectivity index (χ3v) is 2.88. The van der Waals surface area contributed by atoms with Crippen LogP contribution in [-0.4, -0.2) is 10.1 Å². The van der Waals surface area contributed by atoms with Gasteiger partial charge in [0.05, 0.1) is 0 Å². The fourth-order valence-electron chi connectivity index (χ4n) is 1.85. The lowest BCUT2D eigenvalue weighted by Crippen LogP contribution is -1.74. The number of benzene rings is 2. The van der Waals surface area contributed by atoms with Gasteiger partial charge in [0.2, 0.25) is 5.89 Å². The summed E-state index contributed by atoms with van der Waals surface area (Å²) in [7, 11) is 0. The minimum atomic E-state index is 0.178. The normalized spacial score (nSPS) is 11.4. The number of fused-ring (bicyclic) bond motifs is 1. The Bertz CT molecular complexity index is 739. The van der Waals surface area contributed by atoms with Crippen molar-refractivity contribution in [3.05, 3.63) is 59.5 Å². The van der Waals surface area contributed by atoms with Crippen LogP contribution in [0, 0.1) is 6.92 Å². The fraction of sp³-hybridized carbons (Fsp3) is 0.0625. The molecule has 1 N–H and O–H groups in total. The van der Waals surface area contributed by atoms with Crippen molar-refractivity contribution < 1.29 is 9.52 Å². The average molecular weight is 251 g/mol. The van der Waals surface area contributed by atoms with E-state index in [1.807, 2.05) is 24.3 Å². The maximum Gasteiger partial charge on any atom is 0.220 e. The molecule has 1 aromatic heterocycles. The van der Waals surface area contributed by atoms with Gasteiger partial charge in [-0.2, -0.15) is 0 Å². The first-order chi connectivity index (χ1) is 9.20. The lowest BCUT2D eigenvalue weighted by molar-refractivity contribution is 0.474. The number of aromatic nitrogens is 1. The van der Waals surface area contributed by atoms with Gasteiger partial charge in [0.25, 0.3) is 0 Å². The number of phenols is 1. The van der Waals surface area contributed by atoms with Crippen LogP contribution in [0.4, 0.5) is 0 Å². The fourth-order valence-corrected chi connectivity index (χ4v) is 1.85. The third kappa shape index (κ3) is 2.50. The first-order valence-electron chi connectivity index (χ1n) is 6.05. The molecule has 94 valence electrons. The van der Waals surface area contributed by atoms with Crippen LogP contribution >= 0.6 is 0 Å². The van der Waals surface area contributed by atoms with Gasteiger partial charge in [0.15, 0.2) is 5.58 Å². The van der Waals surface area contributed by atoms with Crippen LogP contribution < -0.4 is 0 Å². The predicted octanol–water partition coefficient (Wildman–Crippen LogP) is 4.01. The second-order valence-corrected chi connectivity index (χ2v) is 4.45. The molecule has 0 aliphatic heterocycles. The van der Waals surface area contributed by atoms with Gasteiger partial charge in [-0.05, 0) is 30.7 Å². The maximum atomic E-state index is 9.37. The topological polar surface area (TPSA) is 46.3 Å². The standard InChI is InChI=1S/C16H13NO2/c1-11-2-4-12(5-3-11)6-9-16-17-14-8-7-13(18)10-15(14)19-16/h2-10,18H,1H3/b9-6+. The first kappa shape index (κ1) is 11.5. The summed E-state index contributed by atoms with van der Waals surface area (Å²) in [6.07, 6.45) is 3.77. The molecule has 0 radical (unpaired) electrons. The molecule has 3 aromatic rings. The summed E-state index contributed by atoms with van der Waals surface area (Å²) in [5.41, 5.74) is 3.65. The van der Waals surface area contributed by atoms with Crippen molar-refractivity contribution in [2.24, 2.45) is 0 Å². The molecule has 0 bridgehead atoms. The SMILES string of the molecule is Cc1ccc(/C=C/c2nc3ccc(O)cc3o2)cc1. The molecule has 19 heavy (non-hydrogen) atoms. The Balaban J connectivity index is 1.90. The number of hydrogen-bond donors (Lipinski definition) is 1. The molecule has 2 aromatic carbocycles. The van der Waals surface area contributed by atoms with Crippen molar-refractivity contribution in [1.29, 1.82) is 0 Å². The van der Waals surface area contributed by atoms with E-state index in [1.54, 1.807) is 18.2 Å². The minimum absolute atomic E-state index is 0.178. The largest absolute Gasteiger partial charge is 0.508 e. The lowest BCUT2D eigenvalue weighted by atomic mass is 10.1. The highest BCUT2D eigenvalue weighted by molar-refractivity contribution is 5.77. The molecule has 0 aliphatic rings. The molecule has 0 spiro atoms. The molecule has 0 unspecified atom stereocenters. The highest BCUT2D eigenvalue weighted by Gasteiger charge is 2.03. The Morgan fingerprint density at radius 3 is 2.63 bits per heavy atom. The monoisotopic (exact) mass is 251 g/mol. The van der Waals surface area contributed by atoms with Crippen LogP contribution in [0.2, 0.25) is 0 Å². The molecule has 0 saturated carbocycles. The molecule has 3 nitrogen and oxygen atoms in total. The number of nitrogens with zero attached hydrogens (tertiary/aromatic N) is 1. The van der Waals surface area contributed by atoms with Crippen molar-refractivity contribution in [3.63, 3.8) is 0 Å². The zero-order valence-electron chi connectivity index (χ0n) is 10.5. The third-order valence-electron chi connectivity index (χ3n) is 2.88. The van der Waals surface area contributed by atoms with E-state index in [0.717, 1.165) is 11.1 Å². The summed E-state index contributed by atoms with van der Waals surface area (Å²) in [6, 6.07) is 13.1. The van der Waals surface area contributed by atoms with E-state index in [4.69, 9.17) is 4.42 Å². The van der Waals surface area contributed by atoms with E-state index in [2.05, 4.69) is 24.0 Å². The second-order valence-electron chi connectivity index (χ2n) is 4.45. The van der Waals surface area contributed by atoms with Gasteiger partial charge in [-0.15, -0.1) is 0 Å². The van der Waals surface area contributed by atoms with Crippen LogP contribution in [0.1, 0.15) is 17.0 Å². The van der Waals surface area contributed by atoms with Crippen LogP contribution in [0.25, 0.3) is 23.3 Å². The highest BCUT2D eigenvalue weighted by atomic mass is 16.3. The first-order valence-corrected chi connectivity index (χ1v) is 6.05. The van der Waals surface area contributed by atoms with Crippen molar-refractivity contribution in [1.82, 2.24) is 4.98 Å². The molecule has 3 heteroatoms. The summed E-state index contributed by atoms with van der Waals surface area (Å²) < 4.78 is 5.54. The van der Waals surface area contributed by atoms with Crippen molar-refractivity contribution in [2.45, 2.75) is 6.92 Å². The van der Waals surface area contributed by atoms with E-state index in [0.29, 0.717) is 11.5 Å². The van der Waals surface area contributed by atoms with Crippen molar-refractivity contribution in [2.75, 3.05) is 0 Å². The molecule has 1 heterocycles. The molecule has 3 rings (SSSR count). The number of oxazole rings is 1. The Morgan fingerprint density at radius 1 is 1.05 bits per heavy atom. The molecule has 0 saturated heterocycles. The Kier molecular flexibility index (Phi) is 2.80. The minimum Gasteiger partial charge on any atom is -0.508 e. The smallest absolute Gasteiger partial charge is 0.220 e. The summed E-state index contributed by atoms with van der Waals surface area (Å²) in [6.45, 7) is 2.06. The zero-order valence-corrected chi connectivity index (χ0v) is 10.5. The molecular formula is C16H13NO2. The van der Waals surface area contributed by atoms with Gasteiger partial charge >= 0.3 is 0 Å². The Morgan fingerprint density at radius 2 is 1.84 bits per heavy atom. The van der Waals surface area contributed by atoms with Gasteiger partial charge in [0, 0.05) is 12.1 Å². The van der Waals surface area contributed by atoms with E-state index in [1.165, 1.54) is 5.56 Å². The van der Waals surface area contributed by atoms with E-state index >= 15 is 0 Å². The van der Waals surface area contributed by atoms with E-state index in [-0.39, 0.29) is 5.75 Å². The van der Waals surface area contributed by atoms with Crippen molar-refractivity contribution >= 4 is 23.3 Å². The summed E-state index contributed by atoms with van der Waals surface area (Å²) in [5.74, 6) is 0.707. The summed E-state index contributed by atoms with van der Waals surface area (Å²) in [4.78, 5) is 4.32. The van der Waals surface area contributed by atoms with Crippen LogP contribution in [0.3, 0.4) is 0 Å². The Labute approximate surface area is 110 Å². The van der Waals surface area contributed by atoms with Gasteiger partial charge in [-0.1, -0.05) is 29.8 Å². The van der Waals surface area contributed by atoms with E-state index < -0.39 is 0 Å². The van der Waals surface area contributed by atoms with Gasteiger partial charge in [-0.3, -0.25) is 0 Å². The summed E-state index contributed by atoms with van der Waals surface area (Å²) >= 11 is 0. The lowest BCUT2D eigenvalue weighted by Gasteiger charge is -1.93. The Hall–Kier alpha value is -2.55. The van der Waals surface area contributed by atoms with Crippen molar-refractivity contribution in [3.8, 4) is 5.75 Å². The van der Waals surface area contributed by atoms with Gasteiger partial charge in [0.1, 0.15) is 11.3 Å². The number of phenolic OH excluding ortho intramolecular Hbond substituents is 1. The number of aromatic hydroxyl groups is 1.